The van der Waals surface area contributed by atoms with Gasteiger partial charge in [0.1, 0.15) is 5.84 Å². The third-order valence-corrected chi connectivity index (χ3v) is 1.67. The van der Waals surface area contributed by atoms with Crippen molar-refractivity contribution >= 4 is 5.84 Å². The Morgan fingerprint density at radius 3 is 3.00 bits per heavy atom. The van der Waals surface area contributed by atoms with E-state index in [1.54, 1.807) is 0 Å². The summed E-state index contributed by atoms with van der Waals surface area (Å²) < 4.78 is 0. The molecule has 0 atom stereocenters. The zero-order chi connectivity index (χ0) is 7.40. The van der Waals surface area contributed by atoms with Crippen LogP contribution in [0.2, 0.25) is 0 Å². The summed E-state index contributed by atoms with van der Waals surface area (Å²) in [5.41, 5.74) is 2.96. The first-order valence-electron chi connectivity index (χ1n) is 3.85. The molecular weight excluding hydrogens is 126 g/mol. The van der Waals surface area contributed by atoms with Crippen LogP contribution in [0.1, 0.15) is 19.8 Å². The topological polar surface area (TPSA) is 27.6 Å². The molecule has 1 rings (SSSR count). The van der Waals surface area contributed by atoms with Gasteiger partial charge < -0.3 is 10.3 Å². The molecule has 1 N–H and O–H groups in total. The first kappa shape index (κ1) is 7.38. The van der Waals surface area contributed by atoms with Crippen molar-refractivity contribution in [3.8, 4) is 0 Å². The van der Waals surface area contributed by atoms with Crippen LogP contribution in [0.25, 0.3) is 0 Å². The van der Waals surface area contributed by atoms with Gasteiger partial charge in [-0.15, -0.1) is 0 Å². The highest BCUT2D eigenvalue weighted by molar-refractivity contribution is 5.83. The van der Waals surface area contributed by atoms with Crippen molar-refractivity contribution in [3.63, 3.8) is 0 Å². The molecule has 58 valence electrons. The normalized spacial score (nSPS) is 16.4. The van der Waals surface area contributed by atoms with Crippen LogP contribution in [0.4, 0.5) is 0 Å². The summed E-state index contributed by atoms with van der Waals surface area (Å²) in [6, 6.07) is 0. The van der Waals surface area contributed by atoms with Gasteiger partial charge in [-0.05, 0) is 6.42 Å². The van der Waals surface area contributed by atoms with Gasteiger partial charge in [0.15, 0.2) is 0 Å². The second kappa shape index (κ2) is 3.44. The van der Waals surface area contributed by atoms with E-state index in [9.17, 15) is 0 Å². The smallest absolute Gasteiger partial charge is 0.126 e. The van der Waals surface area contributed by atoms with Gasteiger partial charge in [0.25, 0.3) is 0 Å². The van der Waals surface area contributed by atoms with Crippen LogP contribution in [-0.2, 0) is 0 Å². The van der Waals surface area contributed by atoms with E-state index < -0.39 is 0 Å². The van der Waals surface area contributed by atoms with Crippen molar-refractivity contribution in [1.29, 1.82) is 0 Å². The largest absolute Gasteiger partial charge is 0.362 e. The third kappa shape index (κ3) is 1.62. The molecule has 0 aliphatic carbocycles. The summed E-state index contributed by atoms with van der Waals surface area (Å²) >= 11 is 0. The number of hydrogen-bond donors (Lipinski definition) is 1. The van der Waals surface area contributed by atoms with Gasteiger partial charge in [-0.3, -0.25) is 0 Å². The first-order valence-corrected chi connectivity index (χ1v) is 3.85. The van der Waals surface area contributed by atoms with E-state index in [-0.39, 0.29) is 0 Å². The van der Waals surface area contributed by atoms with E-state index in [1.807, 2.05) is 0 Å². The fourth-order valence-electron chi connectivity index (χ4n) is 1.11. The van der Waals surface area contributed by atoms with Crippen molar-refractivity contribution in [2.24, 2.45) is 5.10 Å². The third-order valence-electron chi connectivity index (χ3n) is 1.67. The zero-order valence-corrected chi connectivity index (χ0v) is 6.72. The highest BCUT2D eigenvalue weighted by Crippen LogP contribution is 1.98. The van der Waals surface area contributed by atoms with Crippen LogP contribution < -0.4 is 5.43 Å². The summed E-state index contributed by atoms with van der Waals surface area (Å²) in [5, 5.41) is 4.15. The Kier molecular flexibility index (Phi) is 2.54. The number of hydrazone groups is 1. The number of rotatable bonds is 2. The highest BCUT2D eigenvalue weighted by Gasteiger charge is 2.08. The lowest BCUT2D eigenvalue weighted by atomic mass is 10.3. The molecule has 0 fully saturated rings. The Morgan fingerprint density at radius 1 is 1.70 bits per heavy atom. The maximum Gasteiger partial charge on any atom is 0.126 e. The number of amidine groups is 1. The Labute approximate surface area is 62.1 Å². The maximum absolute atomic E-state index is 4.15. The summed E-state index contributed by atoms with van der Waals surface area (Å²) in [4.78, 5) is 2.21. The van der Waals surface area contributed by atoms with Crippen molar-refractivity contribution in [2.45, 2.75) is 19.8 Å². The summed E-state index contributed by atoms with van der Waals surface area (Å²) in [7, 11) is 2.09. The predicted octanol–water partition coefficient (Wildman–Crippen LogP) is 0.635. The lowest BCUT2D eigenvalue weighted by molar-refractivity contribution is 0.494. The molecule has 1 heterocycles. The minimum Gasteiger partial charge on any atom is -0.362 e. The lowest BCUT2D eigenvalue weighted by Gasteiger charge is -2.16. The van der Waals surface area contributed by atoms with E-state index >= 15 is 0 Å². The van der Waals surface area contributed by atoms with Gasteiger partial charge in [-0.2, -0.15) is 5.10 Å². The van der Waals surface area contributed by atoms with E-state index in [0.717, 1.165) is 19.5 Å². The monoisotopic (exact) mass is 141 g/mol. The first-order chi connectivity index (χ1) is 4.84. The molecule has 1 aliphatic rings. The van der Waals surface area contributed by atoms with Crippen LogP contribution in [0.3, 0.4) is 0 Å². The van der Waals surface area contributed by atoms with Crippen molar-refractivity contribution in [3.05, 3.63) is 0 Å². The van der Waals surface area contributed by atoms with Gasteiger partial charge in [-0.25, -0.2) is 0 Å². The van der Waals surface area contributed by atoms with E-state index in [4.69, 9.17) is 0 Å². The number of nitrogens with zero attached hydrogens (tertiary/aromatic N) is 2. The van der Waals surface area contributed by atoms with Crippen LogP contribution in [0.15, 0.2) is 5.10 Å². The second-order valence-electron chi connectivity index (χ2n) is 2.61. The molecule has 0 saturated heterocycles. The van der Waals surface area contributed by atoms with Crippen molar-refractivity contribution in [1.82, 2.24) is 10.3 Å². The molecule has 3 heteroatoms. The summed E-state index contributed by atoms with van der Waals surface area (Å²) in [5.74, 6) is 1.20. The molecule has 0 bridgehead atoms. The lowest BCUT2D eigenvalue weighted by Crippen LogP contribution is -2.25. The SMILES string of the molecule is CCCN(C)C1=NNCC1. The fraction of sp³-hybridized carbons (Fsp3) is 0.857. The van der Waals surface area contributed by atoms with Crippen LogP contribution in [0.5, 0.6) is 0 Å². The molecule has 0 amide bonds. The Morgan fingerprint density at radius 2 is 2.50 bits per heavy atom. The van der Waals surface area contributed by atoms with Gasteiger partial charge in [0, 0.05) is 26.6 Å². The Bertz CT molecular complexity index is 131. The van der Waals surface area contributed by atoms with Crippen molar-refractivity contribution < 1.29 is 0 Å². The molecule has 1 aliphatic heterocycles. The fourth-order valence-corrected chi connectivity index (χ4v) is 1.11. The molecule has 3 nitrogen and oxygen atoms in total. The molecule has 0 saturated carbocycles. The maximum atomic E-state index is 4.15. The Balaban J connectivity index is 2.32. The molecular formula is C7H15N3. The van der Waals surface area contributed by atoms with E-state index in [2.05, 4.69) is 29.4 Å². The minimum absolute atomic E-state index is 1.00. The highest BCUT2D eigenvalue weighted by atomic mass is 15.4. The van der Waals surface area contributed by atoms with E-state index in [1.165, 1.54) is 12.3 Å². The summed E-state index contributed by atoms with van der Waals surface area (Å²) in [6.45, 7) is 4.29. The standard InChI is InChI=1S/C7H15N3/c1-3-6-10(2)7-4-5-8-9-7/h8H,3-6H2,1-2H3. The second-order valence-corrected chi connectivity index (χ2v) is 2.61. The van der Waals surface area contributed by atoms with Crippen LogP contribution in [0, 0.1) is 0 Å². The predicted molar refractivity (Wildman–Crippen MR) is 43.0 cm³/mol. The Hall–Kier alpha value is -0.730. The van der Waals surface area contributed by atoms with Gasteiger partial charge >= 0.3 is 0 Å². The number of nitrogens with one attached hydrogen (secondary N) is 1. The average Bonchev–Trinajstić information content (AvgIpc) is 2.38. The molecule has 0 spiro atoms. The van der Waals surface area contributed by atoms with Crippen LogP contribution >= 0.6 is 0 Å². The molecule has 0 unspecified atom stereocenters. The molecule has 0 radical (unpaired) electrons. The average molecular weight is 141 g/mol. The van der Waals surface area contributed by atoms with E-state index in [0.29, 0.717) is 0 Å². The van der Waals surface area contributed by atoms with Crippen LogP contribution in [-0.4, -0.2) is 30.9 Å². The molecule has 0 aromatic carbocycles. The van der Waals surface area contributed by atoms with Gasteiger partial charge in [0.2, 0.25) is 0 Å². The molecule has 0 aromatic heterocycles. The molecule has 10 heavy (non-hydrogen) atoms. The van der Waals surface area contributed by atoms with Crippen molar-refractivity contribution in [2.75, 3.05) is 20.1 Å². The zero-order valence-electron chi connectivity index (χ0n) is 6.72. The number of hydrogen-bond acceptors (Lipinski definition) is 3. The van der Waals surface area contributed by atoms with Gasteiger partial charge in [0.05, 0.1) is 0 Å². The quantitative estimate of drug-likeness (QED) is 0.611. The van der Waals surface area contributed by atoms with Gasteiger partial charge in [-0.1, -0.05) is 6.92 Å². The summed E-state index contributed by atoms with van der Waals surface area (Å²) in [6.07, 6.45) is 2.27. The minimum atomic E-state index is 1.00. The molecule has 0 aromatic rings.